The second-order valence-corrected chi connectivity index (χ2v) is 8.01. The minimum absolute atomic E-state index is 0.0166. The van der Waals surface area contributed by atoms with Crippen molar-refractivity contribution in [2.24, 2.45) is 11.8 Å². The van der Waals surface area contributed by atoms with Crippen LogP contribution in [-0.4, -0.2) is 65.9 Å². The van der Waals surface area contributed by atoms with Gasteiger partial charge in [-0.25, -0.2) is 0 Å². The number of rotatable bonds is 7. The van der Waals surface area contributed by atoms with Crippen LogP contribution in [0.5, 0.6) is 0 Å². The molecule has 1 aromatic rings. The van der Waals surface area contributed by atoms with Crippen molar-refractivity contribution in [3.05, 3.63) is 35.9 Å². The summed E-state index contributed by atoms with van der Waals surface area (Å²) >= 11 is 0. The van der Waals surface area contributed by atoms with Crippen molar-refractivity contribution in [1.29, 1.82) is 0 Å². The van der Waals surface area contributed by atoms with Gasteiger partial charge < -0.3 is 14.9 Å². The van der Waals surface area contributed by atoms with Crippen molar-refractivity contribution < 1.29 is 14.7 Å². The summed E-state index contributed by atoms with van der Waals surface area (Å²) in [5.41, 5.74) is 0.666. The summed E-state index contributed by atoms with van der Waals surface area (Å²) in [7, 11) is 0. The van der Waals surface area contributed by atoms with Crippen molar-refractivity contribution in [2.75, 3.05) is 39.3 Å². The second-order valence-electron chi connectivity index (χ2n) is 8.01. The maximum atomic E-state index is 12.6. The third-order valence-corrected chi connectivity index (χ3v) is 6.02. The average Bonchev–Trinajstić information content (AvgIpc) is 2.93. The highest BCUT2D eigenvalue weighted by Crippen LogP contribution is 2.26. The van der Waals surface area contributed by atoms with Gasteiger partial charge in [-0.2, -0.15) is 0 Å². The van der Waals surface area contributed by atoms with Gasteiger partial charge in [-0.3, -0.25) is 9.59 Å². The maximum absolute atomic E-state index is 12.6. The van der Waals surface area contributed by atoms with Gasteiger partial charge in [0.1, 0.15) is 0 Å². The van der Waals surface area contributed by atoms with E-state index >= 15 is 0 Å². The van der Waals surface area contributed by atoms with Crippen LogP contribution in [0.15, 0.2) is 30.3 Å². The lowest BCUT2D eigenvalue weighted by Crippen LogP contribution is -2.35. The van der Waals surface area contributed by atoms with E-state index in [1.165, 1.54) is 25.7 Å². The lowest BCUT2D eigenvalue weighted by molar-refractivity contribution is -0.130. The number of hydrogen-bond donors (Lipinski definition) is 1. The number of likely N-dealkylation sites (tertiary alicyclic amines) is 2. The number of amides is 1. The molecule has 5 nitrogen and oxygen atoms in total. The molecular formula is C22H32N2O3. The lowest BCUT2D eigenvalue weighted by atomic mass is 9.96. The Morgan fingerprint density at radius 1 is 0.926 bits per heavy atom. The van der Waals surface area contributed by atoms with E-state index in [1.807, 2.05) is 23.1 Å². The molecule has 2 fully saturated rings. The van der Waals surface area contributed by atoms with Gasteiger partial charge in [0.15, 0.2) is 5.78 Å². The molecule has 2 heterocycles. The van der Waals surface area contributed by atoms with E-state index < -0.39 is 0 Å². The van der Waals surface area contributed by atoms with Crippen LogP contribution < -0.4 is 0 Å². The average molecular weight is 373 g/mol. The number of aliphatic hydroxyl groups is 1. The zero-order chi connectivity index (χ0) is 19.1. The quantitative estimate of drug-likeness (QED) is 0.748. The number of carbonyl (C=O) groups is 2. The van der Waals surface area contributed by atoms with E-state index in [0.717, 1.165) is 19.6 Å². The maximum Gasteiger partial charge on any atom is 0.223 e. The van der Waals surface area contributed by atoms with Crippen LogP contribution >= 0.6 is 0 Å². The molecule has 0 aromatic heterocycles. The van der Waals surface area contributed by atoms with Crippen LogP contribution in [0.2, 0.25) is 0 Å². The summed E-state index contributed by atoms with van der Waals surface area (Å²) in [6.07, 6.45) is 5.62. The number of ketones is 1. The summed E-state index contributed by atoms with van der Waals surface area (Å²) in [6, 6.07) is 9.15. The van der Waals surface area contributed by atoms with E-state index in [0.29, 0.717) is 24.6 Å². The van der Waals surface area contributed by atoms with Crippen molar-refractivity contribution in [3.8, 4) is 0 Å². The monoisotopic (exact) mass is 372 g/mol. The summed E-state index contributed by atoms with van der Waals surface area (Å²) in [4.78, 5) is 29.2. The Labute approximate surface area is 162 Å². The molecule has 0 spiro atoms. The Hall–Kier alpha value is -1.72. The summed E-state index contributed by atoms with van der Waals surface area (Å²) in [5.74, 6) is 0.544. The first-order chi connectivity index (χ1) is 13.2. The van der Waals surface area contributed by atoms with E-state index in [2.05, 4.69) is 4.90 Å². The summed E-state index contributed by atoms with van der Waals surface area (Å²) in [5, 5.41) is 9.78. The smallest absolute Gasteiger partial charge is 0.223 e. The molecule has 1 N–H and O–H groups in total. The third-order valence-electron chi connectivity index (χ3n) is 6.02. The van der Waals surface area contributed by atoms with Gasteiger partial charge in [-0.05, 0) is 31.8 Å². The largest absolute Gasteiger partial charge is 0.396 e. The van der Waals surface area contributed by atoms with Crippen LogP contribution in [0.3, 0.4) is 0 Å². The Balaban J connectivity index is 1.49. The van der Waals surface area contributed by atoms with Crippen LogP contribution in [0.25, 0.3) is 0 Å². The highest BCUT2D eigenvalue weighted by Gasteiger charge is 2.35. The molecule has 0 saturated carbocycles. The third kappa shape index (κ3) is 5.63. The zero-order valence-corrected chi connectivity index (χ0v) is 16.2. The number of nitrogens with zero attached hydrogens (tertiary/aromatic N) is 2. The molecule has 2 aliphatic rings. The molecule has 1 amide bonds. The van der Waals surface area contributed by atoms with Crippen LogP contribution in [0.4, 0.5) is 0 Å². The summed E-state index contributed by atoms with van der Waals surface area (Å²) in [6.45, 7) is 4.69. The van der Waals surface area contributed by atoms with E-state index in [9.17, 15) is 14.7 Å². The van der Waals surface area contributed by atoms with Gasteiger partial charge in [-0.1, -0.05) is 43.2 Å². The molecule has 2 saturated heterocycles. The standard InChI is InChI=1S/C22H32N2O3/c25-17-20-16-24(15-19(20)14-23-12-6-1-2-7-13-23)22(27)11-10-21(26)18-8-4-3-5-9-18/h3-5,8-9,19-20,25H,1-2,6-7,10-17H2. The minimum atomic E-state index is 0.0166. The molecule has 2 unspecified atom stereocenters. The first-order valence-corrected chi connectivity index (χ1v) is 10.4. The van der Waals surface area contributed by atoms with Crippen LogP contribution in [0.1, 0.15) is 48.9 Å². The fourth-order valence-electron chi connectivity index (χ4n) is 4.35. The minimum Gasteiger partial charge on any atom is -0.396 e. The van der Waals surface area contributed by atoms with E-state index in [-0.39, 0.29) is 37.1 Å². The number of benzene rings is 1. The molecule has 1 aromatic carbocycles. The molecule has 5 heteroatoms. The predicted molar refractivity (Wildman–Crippen MR) is 106 cm³/mol. The number of hydrogen-bond acceptors (Lipinski definition) is 4. The molecule has 2 aliphatic heterocycles. The molecule has 148 valence electrons. The van der Waals surface area contributed by atoms with Gasteiger partial charge in [0, 0.05) is 50.6 Å². The van der Waals surface area contributed by atoms with E-state index in [1.54, 1.807) is 12.1 Å². The van der Waals surface area contributed by atoms with Gasteiger partial charge in [-0.15, -0.1) is 0 Å². The SMILES string of the molecule is O=C(CCC(=O)N1CC(CO)C(CN2CCCCCC2)C1)c1ccccc1. The zero-order valence-electron chi connectivity index (χ0n) is 16.2. The van der Waals surface area contributed by atoms with E-state index in [4.69, 9.17) is 0 Å². The van der Waals surface area contributed by atoms with Crippen molar-refractivity contribution in [3.63, 3.8) is 0 Å². The Morgan fingerprint density at radius 2 is 1.59 bits per heavy atom. The molecular weight excluding hydrogens is 340 g/mol. The fourth-order valence-corrected chi connectivity index (χ4v) is 4.35. The number of aliphatic hydroxyl groups excluding tert-OH is 1. The van der Waals surface area contributed by atoms with Crippen LogP contribution in [0, 0.1) is 11.8 Å². The van der Waals surface area contributed by atoms with Crippen LogP contribution in [-0.2, 0) is 4.79 Å². The normalized spacial score (nSPS) is 24.0. The molecule has 2 atom stereocenters. The predicted octanol–water partition coefficient (Wildman–Crippen LogP) is 2.59. The van der Waals surface area contributed by atoms with Gasteiger partial charge >= 0.3 is 0 Å². The Morgan fingerprint density at radius 3 is 2.26 bits per heavy atom. The number of carbonyl (C=O) groups excluding carboxylic acids is 2. The molecule has 0 aliphatic carbocycles. The highest BCUT2D eigenvalue weighted by atomic mass is 16.3. The fraction of sp³-hybridized carbons (Fsp3) is 0.636. The van der Waals surface area contributed by atoms with Crippen molar-refractivity contribution >= 4 is 11.7 Å². The Kier molecular flexibility index (Phi) is 7.41. The van der Waals surface area contributed by atoms with Gasteiger partial charge in [0.05, 0.1) is 0 Å². The molecule has 3 rings (SSSR count). The first kappa shape index (κ1) is 20.0. The molecule has 27 heavy (non-hydrogen) atoms. The van der Waals surface area contributed by atoms with Crippen molar-refractivity contribution in [2.45, 2.75) is 38.5 Å². The Bertz CT molecular complexity index is 611. The highest BCUT2D eigenvalue weighted by molar-refractivity contribution is 5.97. The molecule has 0 bridgehead atoms. The van der Waals surface area contributed by atoms with Gasteiger partial charge in [0.25, 0.3) is 0 Å². The van der Waals surface area contributed by atoms with Gasteiger partial charge in [0.2, 0.25) is 5.91 Å². The summed E-state index contributed by atoms with van der Waals surface area (Å²) < 4.78 is 0. The first-order valence-electron chi connectivity index (χ1n) is 10.4. The topological polar surface area (TPSA) is 60.9 Å². The number of Topliss-reactive ketones (excluding diaryl/α,β-unsaturated/α-hetero) is 1. The molecule has 0 radical (unpaired) electrons. The van der Waals surface area contributed by atoms with Crippen molar-refractivity contribution in [1.82, 2.24) is 9.80 Å². The second kappa shape index (κ2) is 10.00. The lowest BCUT2D eigenvalue weighted by Gasteiger charge is -2.26.